The van der Waals surface area contributed by atoms with Gasteiger partial charge in [-0.2, -0.15) is 4.98 Å². The smallest absolute Gasteiger partial charge is 0.234 e. The number of rotatable bonds is 7. The van der Waals surface area contributed by atoms with E-state index in [1.807, 2.05) is 6.20 Å². The van der Waals surface area contributed by atoms with E-state index < -0.39 is 0 Å². The molecule has 1 aliphatic heterocycles. The van der Waals surface area contributed by atoms with Gasteiger partial charge in [-0.25, -0.2) is 0 Å². The van der Waals surface area contributed by atoms with Crippen LogP contribution in [-0.2, 0) is 0 Å². The highest BCUT2D eigenvalue weighted by Gasteiger charge is 2.32. The average Bonchev–Trinajstić information content (AvgIpc) is 3.37. The molecule has 1 atom stereocenters. The maximum Gasteiger partial charge on any atom is 0.234 e. The van der Waals surface area contributed by atoms with Gasteiger partial charge < -0.3 is 15.0 Å². The van der Waals surface area contributed by atoms with Gasteiger partial charge in [0, 0.05) is 12.6 Å². The van der Waals surface area contributed by atoms with Crippen LogP contribution < -0.4 is 15.0 Å². The van der Waals surface area contributed by atoms with Gasteiger partial charge in [0.1, 0.15) is 0 Å². The van der Waals surface area contributed by atoms with Gasteiger partial charge in [0.05, 0.1) is 19.0 Å². The second-order valence-electron chi connectivity index (χ2n) is 6.16. The van der Waals surface area contributed by atoms with Crippen molar-refractivity contribution >= 4 is 5.82 Å². The number of aromatic nitrogens is 2. The van der Waals surface area contributed by atoms with Crippen LogP contribution in [-0.4, -0.2) is 42.3 Å². The van der Waals surface area contributed by atoms with E-state index >= 15 is 0 Å². The van der Waals surface area contributed by atoms with Gasteiger partial charge in [-0.3, -0.25) is 4.98 Å². The van der Waals surface area contributed by atoms with E-state index in [9.17, 15) is 0 Å². The van der Waals surface area contributed by atoms with E-state index in [1.165, 1.54) is 32.2 Å². The maximum atomic E-state index is 5.62. The molecule has 3 rings (SSSR count). The first-order chi connectivity index (χ1) is 10.4. The van der Waals surface area contributed by atoms with Gasteiger partial charge in [0.2, 0.25) is 5.88 Å². The molecule has 2 aliphatic rings. The van der Waals surface area contributed by atoms with Crippen LogP contribution >= 0.6 is 0 Å². The Morgan fingerprint density at radius 2 is 2.24 bits per heavy atom. The summed E-state index contributed by atoms with van der Waals surface area (Å²) in [7, 11) is 0. The topological polar surface area (TPSA) is 50.3 Å². The average molecular weight is 290 g/mol. The zero-order chi connectivity index (χ0) is 14.5. The number of hydrogen-bond acceptors (Lipinski definition) is 5. The van der Waals surface area contributed by atoms with Crippen molar-refractivity contribution in [1.29, 1.82) is 0 Å². The molecule has 0 spiro atoms. The summed E-state index contributed by atoms with van der Waals surface area (Å²) in [5.74, 6) is 2.36. The molecule has 5 heteroatoms. The summed E-state index contributed by atoms with van der Waals surface area (Å²) >= 11 is 0. The summed E-state index contributed by atoms with van der Waals surface area (Å²) in [6.45, 7) is 6.18. The molecule has 2 fully saturated rings. The van der Waals surface area contributed by atoms with E-state index in [2.05, 4.69) is 27.1 Å². The van der Waals surface area contributed by atoms with Gasteiger partial charge in [-0.05, 0) is 51.1 Å². The lowest BCUT2D eigenvalue weighted by atomic mass is 9.99. The van der Waals surface area contributed by atoms with E-state index in [4.69, 9.17) is 4.74 Å². The molecule has 0 amide bonds. The van der Waals surface area contributed by atoms with E-state index in [0.717, 1.165) is 31.2 Å². The molecule has 116 valence electrons. The minimum Gasteiger partial charge on any atom is -0.477 e. The number of nitrogens with one attached hydrogen (secondary N) is 1. The van der Waals surface area contributed by atoms with Gasteiger partial charge in [-0.1, -0.05) is 6.92 Å². The normalized spacial score (nSPS) is 22.0. The molecule has 1 aromatic rings. The summed E-state index contributed by atoms with van der Waals surface area (Å²) in [4.78, 5) is 11.4. The monoisotopic (exact) mass is 290 g/mol. The van der Waals surface area contributed by atoms with Crippen molar-refractivity contribution in [1.82, 2.24) is 15.3 Å². The zero-order valence-electron chi connectivity index (χ0n) is 12.9. The molecule has 1 saturated carbocycles. The molecular weight excluding hydrogens is 264 g/mol. The molecule has 5 nitrogen and oxygen atoms in total. The first-order valence-electron chi connectivity index (χ1n) is 8.29. The second kappa shape index (κ2) is 7.07. The van der Waals surface area contributed by atoms with Crippen LogP contribution in [0.3, 0.4) is 0 Å². The molecule has 1 aliphatic carbocycles. The number of piperidine rings is 1. The SMILES string of the molecule is CCCOc1cncc(N(CC2CCCNC2)C2CC2)n1. The quantitative estimate of drug-likeness (QED) is 0.834. The van der Waals surface area contributed by atoms with Gasteiger partial charge >= 0.3 is 0 Å². The third kappa shape index (κ3) is 4.06. The van der Waals surface area contributed by atoms with Gasteiger partial charge in [0.15, 0.2) is 5.82 Å². The van der Waals surface area contributed by atoms with Crippen LogP contribution in [0.2, 0.25) is 0 Å². The molecule has 0 radical (unpaired) electrons. The molecule has 21 heavy (non-hydrogen) atoms. The van der Waals surface area contributed by atoms with Crippen molar-refractivity contribution < 1.29 is 4.74 Å². The van der Waals surface area contributed by atoms with Crippen molar-refractivity contribution in [3.05, 3.63) is 12.4 Å². The molecule has 0 bridgehead atoms. The van der Waals surface area contributed by atoms with E-state index in [-0.39, 0.29) is 0 Å². The molecule has 1 N–H and O–H groups in total. The van der Waals surface area contributed by atoms with Crippen LogP contribution in [0, 0.1) is 5.92 Å². The lowest BCUT2D eigenvalue weighted by molar-refractivity contribution is 0.303. The Balaban J connectivity index is 1.67. The molecule has 1 aromatic heterocycles. The summed E-state index contributed by atoms with van der Waals surface area (Å²) < 4.78 is 5.62. The third-order valence-corrected chi connectivity index (χ3v) is 4.19. The highest BCUT2D eigenvalue weighted by Crippen LogP contribution is 2.32. The fourth-order valence-electron chi connectivity index (χ4n) is 2.93. The van der Waals surface area contributed by atoms with Crippen LogP contribution in [0.25, 0.3) is 0 Å². The fraction of sp³-hybridized carbons (Fsp3) is 0.750. The van der Waals surface area contributed by atoms with Gasteiger partial charge in [-0.15, -0.1) is 0 Å². The fourth-order valence-corrected chi connectivity index (χ4v) is 2.93. The number of ether oxygens (including phenoxy) is 1. The highest BCUT2D eigenvalue weighted by atomic mass is 16.5. The third-order valence-electron chi connectivity index (χ3n) is 4.19. The number of anilines is 1. The summed E-state index contributed by atoms with van der Waals surface area (Å²) in [6.07, 6.45) is 9.75. The summed E-state index contributed by atoms with van der Waals surface area (Å²) in [5, 5.41) is 3.50. The van der Waals surface area contributed by atoms with Crippen LogP contribution in [0.4, 0.5) is 5.82 Å². The van der Waals surface area contributed by atoms with Crippen molar-refractivity contribution in [3.8, 4) is 5.88 Å². The Labute approximate surface area is 127 Å². The van der Waals surface area contributed by atoms with E-state index in [1.54, 1.807) is 6.20 Å². The minimum atomic E-state index is 0.654. The molecule has 1 unspecified atom stereocenters. The summed E-state index contributed by atoms with van der Waals surface area (Å²) in [5.41, 5.74) is 0. The first-order valence-corrected chi connectivity index (χ1v) is 8.29. The maximum absolute atomic E-state index is 5.62. The van der Waals surface area contributed by atoms with Crippen LogP contribution in [0.1, 0.15) is 39.0 Å². The number of hydrogen-bond donors (Lipinski definition) is 1. The highest BCUT2D eigenvalue weighted by molar-refractivity contribution is 5.41. The molecule has 0 aromatic carbocycles. The van der Waals surface area contributed by atoms with Crippen LogP contribution in [0.5, 0.6) is 5.88 Å². The lowest BCUT2D eigenvalue weighted by Crippen LogP contribution is -2.39. The second-order valence-corrected chi connectivity index (χ2v) is 6.16. The Kier molecular flexibility index (Phi) is 4.91. The van der Waals surface area contributed by atoms with Crippen LogP contribution in [0.15, 0.2) is 12.4 Å². The number of nitrogens with zero attached hydrogens (tertiary/aromatic N) is 3. The summed E-state index contributed by atoms with van der Waals surface area (Å²) in [6, 6.07) is 0.655. The van der Waals surface area contributed by atoms with Crippen molar-refractivity contribution in [2.24, 2.45) is 5.92 Å². The van der Waals surface area contributed by atoms with Gasteiger partial charge in [0.25, 0.3) is 0 Å². The predicted octanol–water partition coefficient (Wildman–Crippen LogP) is 2.23. The molecule has 1 saturated heterocycles. The Hall–Kier alpha value is -1.36. The van der Waals surface area contributed by atoms with Crippen molar-refractivity contribution in [2.75, 3.05) is 31.1 Å². The first kappa shape index (κ1) is 14.6. The van der Waals surface area contributed by atoms with Crippen molar-refractivity contribution in [3.63, 3.8) is 0 Å². The Morgan fingerprint density at radius 3 is 2.95 bits per heavy atom. The Morgan fingerprint density at radius 1 is 1.33 bits per heavy atom. The molecule has 2 heterocycles. The largest absolute Gasteiger partial charge is 0.477 e. The minimum absolute atomic E-state index is 0.654. The lowest BCUT2D eigenvalue weighted by Gasteiger charge is -2.31. The Bertz CT molecular complexity index is 444. The molecular formula is C16H26N4O. The standard InChI is InChI=1S/C16H26N4O/c1-2-8-21-16-11-18-10-15(19-16)20(14-5-6-14)12-13-4-3-7-17-9-13/h10-11,13-14,17H,2-9,12H2,1H3. The predicted molar refractivity (Wildman–Crippen MR) is 83.8 cm³/mol. The van der Waals surface area contributed by atoms with Crippen molar-refractivity contribution in [2.45, 2.75) is 45.1 Å². The van der Waals surface area contributed by atoms with E-state index in [0.29, 0.717) is 18.5 Å². The zero-order valence-corrected chi connectivity index (χ0v) is 12.9.